The van der Waals surface area contributed by atoms with Crippen LogP contribution in [0.15, 0.2) is 41.8 Å². The third kappa shape index (κ3) is 5.98. The van der Waals surface area contributed by atoms with Crippen LogP contribution in [0.25, 0.3) is 0 Å². The molecule has 0 saturated carbocycles. The van der Waals surface area contributed by atoms with Crippen LogP contribution in [0.5, 0.6) is 0 Å². The van der Waals surface area contributed by atoms with Crippen LogP contribution in [-0.4, -0.2) is 11.1 Å². The van der Waals surface area contributed by atoms with E-state index < -0.39 is 11.4 Å². The number of hydrogen-bond donors (Lipinski definition) is 2. The number of carbonyl (C=O) groups is 1. The van der Waals surface area contributed by atoms with Crippen molar-refractivity contribution >= 4 is 17.3 Å². The Morgan fingerprint density at radius 2 is 1.88 bits per heavy atom. The molecule has 0 saturated heterocycles. The number of carboxylic acid groups (broad SMARTS) is 1. The first-order valence-corrected chi connectivity index (χ1v) is 9.60. The summed E-state index contributed by atoms with van der Waals surface area (Å²) in [6.07, 6.45) is 0.403. The second kappa shape index (κ2) is 10.1. The summed E-state index contributed by atoms with van der Waals surface area (Å²) in [7, 11) is 0. The van der Waals surface area contributed by atoms with E-state index in [1.807, 2.05) is 38.3 Å². The van der Waals surface area contributed by atoms with Gasteiger partial charge in [-0.15, -0.1) is 11.3 Å². The molecule has 0 fully saturated rings. The molecule has 0 bridgehead atoms. The summed E-state index contributed by atoms with van der Waals surface area (Å²) in [5, 5.41) is 20.1. The van der Waals surface area contributed by atoms with Gasteiger partial charge in [0.1, 0.15) is 0 Å². The van der Waals surface area contributed by atoms with Crippen LogP contribution in [0.1, 0.15) is 55.7 Å². The minimum atomic E-state index is -0.850. The van der Waals surface area contributed by atoms with E-state index in [1.165, 1.54) is 22.5 Å². The molecule has 0 spiro atoms. The van der Waals surface area contributed by atoms with E-state index >= 15 is 0 Å². The zero-order valence-corrected chi connectivity index (χ0v) is 16.7. The normalized spacial score (nSPS) is 13.9. The molecule has 0 radical (unpaired) electrons. The van der Waals surface area contributed by atoms with E-state index in [4.69, 9.17) is 10.8 Å². The number of hydrogen-bond acceptors (Lipinski definition) is 4. The number of nitrogens with zero attached hydrogens (tertiary/aromatic N) is 1. The van der Waals surface area contributed by atoms with Gasteiger partial charge >= 0.3 is 5.97 Å². The number of aliphatic carboxylic acids is 1. The van der Waals surface area contributed by atoms with Gasteiger partial charge in [-0.05, 0) is 43.2 Å². The molecule has 140 valence electrons. The highest BCUT2D eigenvalue weighted by atomic mass is 32.1. The summed E-state index contributed by atoms with van der Waals surface area (Å²) in [6.45, 7) is 7.99. The quantitative estimate of drug-likeness (QED) is 0.743. The van der Waals surface area contributed by atoms with Gasteiger partial charge in [-0.25, -0.2) is 0 Å². The van der Waals surface area contributed by atoms with Gasteiger partial charge in [0, 0.05) is 17.3 Å². The van der Waals surface area contributed by atoms with Crippen molar-refractivity contribution in [3.8, 4) is 6.07 Å². The molecule has 1 unspecified atom stereocenters. The lowest BCUT2D eigenvalue weighted by atomic mass is 9.74. The van der Waals surface area contributed by atoms with Crippen LogP contribution in [0, 0.1) is 24.2 Å². The van der Waals surface area contributed by atoms with E-state index in [-0.39, 0.29) is 18.4 Å². The van der Waals surface area contributed by atoms with Gasteiger partial charge < -0.3 is 10.8 Å². The largest absolute Gasteiger partial charge is 0.481 e. The van der Waals surface area contributed by atoms with Gasteiger partial charge in [-0.2, -0.15) is 5.26 Å². The summed E-state index contributed by atoms with van der Waals surface area (Å²) in [4.78, 5) is 11.6. The molecule has 0 aliphatic rings. The summed E-state index contributed by atoms with van der Waals surface area (Å²) in [5.41, 5.74) is 7.49. The fourth-order valence-corrected chi connectivity index (χ4v) is 3.70. The average Bonchev–Trinajstić information content (AvgIpc) is 3.11. The molecule has 0 aliphatic heterocycles. The molecule has 5 heteroatoms. The number of carboxylic acids is 1. The molecule has 0 amide bonds. The van der Waals surface area contributed by atoms with Crippen molar-refractivity contribution in [1.82, 2.24) is 0 Å². The summed E-state index contributed by atoms with van der Waals surface area (Å²) < 4.78 is 0. The molecule has 2 aromatic rings. The summed E-state index contributed by atoms with van der Waals surface area (Å²) in [6, 6.07) is 14.6. The molecular weight excluding hydrogens is 344 g/mol. The number of benzene rings is 1. The standard InChI is InChI=1S/C12H15NO2S.C9H13N/c1-9(2)12(8-13,6-5-11(14)15)10-4-3-7-16-10;1-7-3-5-9(6-4-7)8(2)10/h3-4,7,9H,5-6H2,1-2H3,(H,14,15);3-6,8H,10H2,1-2H3/t;8-/m.0/s1. The second-order valence-corrected chi connectivity index (χ2v) is 7.76. The monoisotopic (exact) mass is 372 g/mol. The van der Waals surface area contributed by atoms with E-state index in [2.05, 4.69) is 37.3 Å². The predicted octanol–water partition coefficient (Wildman–Crippen LogP) is 5.05. The predicted molar refractivity (Wildman–Crippen MR) is 107 cm³/mol. The summed E-state index contributed by atoms with van der Waals surface area (Å²) >= 11 is 1.52. The van der Waals surface area contributed by atoms with Crippen molar-refractivity contribution in [2.24, 2.45) is 11.7 Å². The van der Waals surface area contributed by atoms with E-state index in [0.717, 1.165) is 4.88 Å². The Morgan fingerprint density at radius 3 is 2.27 bits per heavy atom. The van der Waals surface area contributed by atoms with Crippen molar-refractivity contribution in [3.05, 3.63) is 57.8 Å². The van der Waals surface area contributed by atoms with Crippen LogP contribution >= 0.6 is 11.3 Å². The molecule has 1 aromatic carbocycles. The van der Waals surface area contributed by atoms with E-state index in [1.54, 1.807) is 0 Å². The zero-order valence-electron chi connectivity index (χ0n) is 15.9. The van der Waals surface area contributed by atoms with Gasteiger partial charge in [0.2, 0.25) is 0 Å². The molecule has 1 heterocycles. The maximum Gasteiger partial charge on any atom is 0.303 e. The van der Waals surface area contributed by atoms with Crippen molar-refractivity contribution in [2.45, 2.75) is 52.0 Å². The topological polar surface area (TPSA) is 87.1 Å². The third-order valence-electron chi connectivity index (χ3n) is 4.48. The maximum absolute atomic E-state index is 10.6. The molecule has 4 nitrogen and oxygen atoms in total. The van der Waals surface area contributed by atoms with Crippen molar-refractivity contribution in [2.75, 3.05) is 0 Å². The van der Waals surface area contributed by atoms with Gasteiger partial charge in [0.25, 0.3) is 0 Å². The Bertz CT molecular complexity index is 715. The fourth-order valence-electron chi connectivity index (χ4n) is 2.64. The Morgan fingerprint density at radius 1 is 1.27 bits per heavy atom. The zero-order chi connectivity index (χ0) is 19.7. The molecule has 26 heavy (non-hydrogen) atoms. The van der Waals surface area contributed by atoms with E-state index in [9.17, 15) is 10.1 Å². The van der Waals surface area contributed by atoms with E-state index in [0.29, 0.717) is 6.42 Å². The van der Waals surface area contributed by atoms with Crippen molar-refractivity contribution in [3.63, 3.8) is 0 Å². The number of rotatable bonds is 6. The van der Waals surface area contributed by atoms with Crippen molar-refractivity contribution in [1.29, 1.82) is 5.26 Å². The highest BCUT2D eigenvalue weighted by Gasteiger charge is 2.37. The van der Waals surface area contributed by atoms with Crippen LogP contribution in [0.3, 0.4) is 0 Å². The first-order valence-electron chi connectivity index (χ1n) is 8.72. The molecule has 3 N–H and O–H groups in total. The van der Waals surface area contributed by atoms with Crippen molar-refractivity contribution < 1.29 is 9.90 Å². The average molecular weight is 373 g/mol. The SMILES string of the molecule is CC(C)C(C#N)(CCC(=O)O)c1cccs1.Cc1ccc([C@H](C)N)cc1. The molecule has 2 atom stereocenters. The summed E-state index contributed by atoms with van der Waals surface area (Å²) in [5.74, 6) is -0.743. The van der Waals surface area contributed by atoms with Crippen LogP contribution in [0.4, 0.5) is 0 Å². The molecule has 0 aliphatic carbocycles. The number of thiophene rings is 1. The van der Waals surface area contributed by atoms with Crippen LogP contribution in [-0.2, 0) is 10.2 Å². The number of aryl methyl sites for hydroxylation is 1. The lowest BCUT2D eigenvalue weighted by Crippen LogP contribution is -2.30. The smallest absolute Gasteiger partial charge is 0.303 e. The first kappa shape index (κ1) is 21.9. The molecule has 2 rings (SSSR count). The Balaban J connectivity index is 0.000000289. The minimum Gasteiger partial charge on any atom is -0.481 e. The number of nitrogens with two attached hydrogens (primary N) is 1. The molecule has 1 aromatic heterocycles. The molecular formula is C21H28N2O2S. The lowest BCUT2D eigenvalue weighted by Gasteiger charge is -2.29. The van der Waals surface area contributed by atoms with Gasteiger partial charge in [-0.3, -0.25) is 4.79 Å². The fraction of sp³-hybridized carbons (Fsp3) is 0.429. The second-order valence-electron chi connectivity index (χ2n) is 6.81. The van der Waals surface area contributed by atoms with Gasteiger partial charge in [-0.1, -0.05) is 49.7 Å². The Labute approximate surface area is 160 Å². The van der Waals surface area contributed by atoms with Gasteiger partial charge in [0.15, 0.2) is 0 Å². The highest BCUT2D eigenvalue weighted by molar-refractivity contribution is 7.10. The maximum atomic E-state index is 10.6. The third-order valence-corrected chi connectivity index (χ3v) is 5.53. The Hall–Kier alpha value is -2.16. The minimum absolute atomic E-state index is 0.0314. The van der Waals surface area contributed by atoms with Crippen LogP contribution in [0.2, 0.25) is 0 Å². The lowest BCUT2D eigenvalue weighted by molar-refractivity contribution is -0.137. The highest BCUT2D eigenvalue weighted by Crippen LogP contribution is 2.38. The Kier molecular flexibility index (Phi) is 8.50. The number of nitriles is 1. The first-order chi connectivity index (χ1) is 12.2. The van der Waals surface area contributed by atoms with Gasteiger partial charge in [0.05, 0.1) is 11.5 Å². The van der Waals surface area contributed by atoms with Crippen LogP contribution < -0.4 is 5.73 Å².